The Kier molecular flexibility index (Phi) is 27.6. The minimum atomic E-state index is -0.205. The Morgan fingerprint density at radius 2 is 0.416 bits per heavy atom. The third-order valence-electron chi connectivity index (χ3n) is 19.6. The fraction of sp³-hybridized carbons (Fsp3) is 0.638. The van der Waals surface area contributed by atoms with Crippen molar-refractivity contribution in [2.75, 3.05) is 32.7 Å². The van der Waals surface area contributed by atoms with Gasteiger partial charge in [-0.1, -0.05) is 13.8 Å². The predicted molar refractivity (Wildman–Crippen MR) is 328 cm³/mol. The van der Waals surface area contributed by atoms with E-state index >= 15 is 0 Å². The molecule has 0 aromatic heterocycles. The molecule has 0 saturated heterocycles. The summed E-state index contributed by atoms with van der Waals surface area (Å²) in [4.78, 5) is 178. The second kappa shape index (κ2) is 34.6. The van der Waals surface area contributed by atoms with E-state index in [1.165, 1.54) is 85.3 Å². The summed E-state index contributed by atoms with van der Waals surface area (Å²) in [5.41, 5.74) is 0. The van der Waals surface area contributed by atoms with E-state index in [0.717, 1.165) is 141 Å². The summed E-state index contributed by atoms with van der Waals surface area (Å²) >= 11 is 0. The van der Waals surface area contributed by atoms with Gasteiger partial charge in [-0.2, -0.15) is 0 Å². The van der Waals surface area contributed by atoms with Gasteiger partial charge in [-0.05, 0) is 192 Å². The van der Waals surface area contributed by atoms with Crippen molar-refractivity contribution in [3.8, 4) is 0 Å². The maximum absolute atomic E-state index is 11.8. The van der Waals surface area contributed by atoms with Gasteiger partial charge in [0.15, 0.2) is 0 Å². The lowest BCUT2D eigenvalue weighted by atomic mass is 9.79. The van der Waals surface area contributed by atoms with Gasteiger partial charge in [0.1, 0.15) is 28.9 Å². The fourth-order valence-corrected chi connectivity index (χ4v) is 13.8. The number of amides is 10. The van der Waals surface area contributed by atoms with Crippen molar-refractivity contribution < 1.29 is 71.9 Å². The zero-order valence-electron chi connectivity index (χ0n) is 52.9. The number of imide groups is 5. The average Bonchev–Trinajstić information content (AvgIpc) is 3.24. The van der Waals surface area contributed by atoms with Gasteiger partial charge in [0.05, 0.1) is 0 Å². The Balaban J connectivity index is 0.000000177. The van der Waals surface area contributed by atoms with Crippen LogP contribution in [0.1, 0.15) is 189 Å². The molecule has 0 atom stereocenters. The molecular formula is C69H93N5O15. The number of rotatable bonds is 19. The quantitative estimate of drug-likeness (QED) is 0.111. The summed E-state index contributed by atoms with van der Waals surface area (Å²) in [6.45, 7) is 11.5. The first-order valence-corrected chi connectivity index (χ1v) is 32.7. The topological polar surface area (TPSA) is 272 Å². The smallest absolute Gasteiger partial charge is 0.253 e. The monoisotopic (exact) mass is 1230 g/mol. The van der Waals surface area contributed by atoms with E-state index in [1.54, 1.807) is 20.8 Å². The van der Waals surface area contributed by atoms with Gasteiger partial charge in [-0.25, -0.2) is 0 Å². The average molecular weight is 1230 g/mol. The summed E-state index contributed by atoms with van der Waals surface area (Å²) in [5, 5.41) is 0. The molecule has 5 aliphatic heterocycles. The largest absolute Gasteiger partial charge is 0.300 e. The van der Waals surface area contributed by atoms with E-state index < -0.39 is 0 Å². The van der Waals surface area contributed by atoms with Crippen molar-refractivity contribution in [1.29, 1.82) is 0 Å². The second-order valence-electron chi connectivity index (χ2n) is 26.0. The Labute approximate surface area is 523 Å². The number of Topliss-reactive ketones (excluding diaryl/α,β-unsaturated/α-hetero) is 5. The van der Waals surface area contributed by atoms with E-state index in [9.17, 15) is 71.9 Å². The number of hydrogen-bond donors (Lipinski definition) is 0. The molecule has 0 spiro atoms. The highest BCUT2D eigenvalue weighted by atomic mass is 16.2. The van der Waals surface area contributed by atoms with Gasteiger partial charge in [0, 0.05) is 136 Å². The Hall–Kier alpha value is -7.25. The van der Waals surface area contributed by atoms with Crippen molar-refractivity contribution in [2.45, 2.75) is 189 Å². The number of carbonyl (C=O) groups excluding carboxylic acids is 15. The molecule has 20 nitrogen and oxygen atoms in total. The zero-order valence-corrected chi connectivity index (χ0v) is 52.9. The first kappa shape index (κ1) is 70.8. The van der Waals surface area contributed by atoms with Crippen LogP contribution < -0.4 is 0 Å². The zero-order chi connectivity index (χ0) is 64.9. The Morgan fingerprint density at radius 1 is 0.270 bits per heavy atom. The molecule has 0 bridgehead atoms. The molecule has 10 amide bonds. The van der Waals surface area contributed by atoms with Gasteiger partial charge < -0.3 is 0 Å². The second-order valence-corrected chi connectivity index (χ2v) is 26.0. The van der Waals surface area contributed by atoms with Crippen LogP contribution in [0.2, 0.25) is 0 Å². The molecule has 89 heavy (non-hydrogen) atoms. The molecule has 20 heteroatoms. The van der Waals surface area contributed by atoms with Crippen molar-refractivity contribution in [3.05, 3.63) is 60.8 Å². The minimum absolute atomic E-state index is 0.189. The first-order chi connectivity index (χ1) is 42.5. The molecule has 0 aromatic rings. The molecule has 5 saturated carbocycles. The maximum Gasteiger partial charge on any atom is 0.253 e. The molecular weight excluding hydrogens is 1140 g/mol. The normalized spacial score (nSPS) is 28.1. The summed E-state index contributed by atoms with van der Waals surface area (Å²) in [5.74, 6) is 2.31. The molecule has 10 aliphatic rings. The molecule has 0 unspecified atom stereocenters. The van der Waals surface area contributed by atoms with Crippen LogP contribution in [0.4, 0.5) is 0 Å². The lowest BCUT2D eigenvalue weighted by molar-refractivity contribution is -0.139. The molecule has 5 heterocycles. The van der Waals surface area contributed by atoms with Gasteiger partial charge in [-0.15, -0.1) is 0 Å². The van der Waals surface area contributed by atoms with Crippen LogP contribution in [0.15, 0.2) is 60.8 Å². The van der Waals surface area contributed by atoms with Crippen LogP contribution in [-0.2, 0) is 71.9 Å². The lowest BCUT2D eigenvalue weighted by Crippen LogP contribution is -2.36. The molecule has 0 N–H and O–H groups in total. The summed E-state index contributed by atoms with van der Waals surface area (Å²) in [6.07, 6.45) is 34.8. The first-order valence-electron chi connectivity index (χ1n) is 32.7. The third kappa shape index (κ3) is 21.2. The Bertz CT molecular complexity index is 2480. The van der Waals surface area contributed by atoms with Crippen LogP contribution >= 0.6 is 0 Å². The third-order valence-corrected chi connectivity index (χ3v) is 19.6. The fourth-order valence-electron chi connectivity index (χ4n) is 13.8. The number of hydrogen-bond acceptors (Lipinski definition) is 15. The molecule has 0 aromatic carbocycles. The number of carbonyl (C=O) groups is 15. The van der Waals surface area contributed by atoms with Gasteiger partial charge in [-0.3, -0.25) is 96.4 Å². The molecule has 484 valence electrons. The summed E-state index contributed by atoms with van der Waals surface area (Å²) in [6, 6.07) is 0. The predicted octanol–water partition coefficient (Wildman–Crippen LogP) is 8.09. The van der Waals surface area contributed by atoms with Crippen molar-refractivity contribution in [1.82, 2.24) is 24.5 Å². The van der Waals surface area contributed by atoms with E-state index in [1.807, 2.05) is 13.8 Å². The van der Waals surface area contributed by atoms with E-state index in [4.69, 9.17) is 0 Å². The SMILES string of the molecule is CC(=O)C1CCC(CN2C(=O)C=CC2=O)CC1.CC(=O)C1CCC(CN2C(=O)C=CC2=O)CC1.CC(=O)C1CCC(CN2C(=O)C=CC2=O)CC1.CCCC(=O)C1CCC(CN2C(=O)C=CC2=O)CC1.CCCC(=O)C1CCC(CN2C(=O)C=CC2=O)CC1. The van der Waals surface area contributed by atoms with Gasteiger partial charge in [0.25, 0.3) is 59.1 Å². The highest BCUT2D eigenvalue weighted by molar-refractivity contribution is 6.15. The standard InChI is InChI=1S/2C15H21NO3.3C13H17NO3/c2*1-2-3-13(17)12-6-4-11(5-7-12)10-16-14(18)8-9-15(16)19;3*1-9(15)11-4-2-10(3-5-11)8-14-12(16)6-7-13(14)17/h2*8-9,11-12H,2-7,10H2,1H3;3*6-7,10-11H,2-5,8H2,1H3. The molecule has 10 rings (SSSR count). The maximum atomic E-state index is 11.8. The highest BCUT2D eigenvalue weighted by Gasteiger charge is 2.36. The van der Waals surface area contributed by atoms with Crippen LogP contribution in [0.5, 0.6) is 0 Å². The molecule has 0 radical (unpaired) electrons. The number of ketones is 5. The van der Waals surface area contributed by atoms with Crippen LogP contribution in [0.3, 0.4) is 0 Å². The van der Waals surface area contributed by atoms with Crippen LogP contribution in [0, 0.1) is 59.2 Å². The van der Waals surface area contributed by atoms with Gasteiger partial charge >= 0.3 is 0 Å². The highest BCUT2D eigenvalue weighted by Crippen LogP contribution is 2.35. The van der Waals surface area contributed by atoms with Crippen molar-refractivity contribution >= 4 is 88.0 Å². The lowest BCUT2D eigenvalue weighted by Gasteiger charge is -2.29. The number of nitrogens with zero attached hydrogens (tertiary/aromatic N) is 5. The summed E-state index contributed by atoms with van der Waals surface area (Å²) in [7, 11) is 0. The Morgan fingerprint density at radius 3 is 0.551 bits per heavy atom. The minimum Gasteiger partial charge on any atom is -0.300 e. The van der Waals surface area contributed by atoms with Crippen LogP contribution in [-0.4, -0.2) is 145 Å². The van der Waals surface area contributed by atoms with Gasteiger partial charge in [0.2, 0.25) is 0 Å². The molecule has 5 fully saturated rings. The van der Waals surface area contributed by atoms with Crippen molar-refractivity contribution in [2.24, 2.45) is 59.2 Å². The van der Waals surface area contributed by atoms with Crippen LogP contribution in [0.25, 0.3) is 0 Å². The van der Waals surface area contributed by atoms with E-state index in [0.29, 0.717) is 86.7 Å². The van der Waals surface area contributed by atoms with E-state index in [-0.39, 0.29) is 106 Å². The summed E-state index contributed by atoms with van der Waals surface area (Å²) < 4.78 is 0. The van der Waals surface area contributed by atoms with E-state index in [2.05, 4.69) is 0 Å². The molecule has 5 aliphatic carbocycles. The van der Waals surface area contributed by atoms with Crippen molar-refractivity contribution in [3.63, 3.8) is 0 Å².